The molecule has 0 nitrogen and oxygen atoms in total. The summed E-state index contributed by atoms with van der Waals surface area (Å²) in [6.07, 6.45) is 1.23. The molecule has 0 fully saturated rings. The molecule has 0 aromatic heterocycles. The molecule has 0 saturated carbocycles. The van der Waals surface area contributed by atoms with Crippen LogP contribution in [0.3, 0.4) is 0 Å². The number of thioether (sulfide) groups is 1. The fraction of sp³-hybridized carbons (Fsp3) is 0.500. The molecule has 0 aromatic carbocycles. The van der Waals surface area contributed by atoms with Crippen LogP contribution in [0.1, 0.15) is 6.42 Å². The van der Waals surface area contributed by atoms with Gasteiger partial charge in [-0.3, -0.25) is 0 Å². The van der Waals surface area contributed by atoms with E-state index in [4.69, 9.17) is 0 Å². The van der Waals surface area contributed by atoms with Crippen LogP contribution in [0.15, 0.2) is 9.89 Å². The Morgan fingerprint density at radius 2 is 2.67 bits per heavy atom. The fourth-order valence-electron chi connectivity index (χ4n) is 0.365. The van der Waals surface area contributed by atoms with E-state index in [0.29, 0.717) is 0 Å². The van der Waals surface area contributed by atoms with Gasteiger partial charge in [0.1, 0.15) is 0 Å². The molecule has 0 spiro atoms. The Morgan fingerprint density at radius 3 is 2.83 bits per heavy atom. The van der Waals surface area contributed by atoms with E-state index in [-0.39, 0.29) is 0 Å². The molecule has 1 aliphatic rings. The molecular formula is C4H5BrS. The maximum atomic E-state index is 3.38. The van der Waals surface area contributed by atoms with Crippen molar-refractivity contribution in [1.82, 2.24) is 0 Å². The van der Waals surface area contributed by atoms with E-state index >= 15 is 0 Å². The van der Waals surface area contributed by atoms with Gasteiger partial charge in [0.05, 0.1) is 0 Å². The maximum Gasteiger partial charge on any atom is 0.00219 e. The van der Waals surface area contributed by atoms with E-state index in [9.17, 15) is 0 Å². The van der Waals surface area contributed by atoms with Gasteiger partial charge in [-0.1, -0.05) is 15.9 Å². The van der Waals surface area contributed by atoms with Crippen molar-refractivity contribution in [3.63, 3.8) is 0 Å². The zero-order valence-electron chi connectivity index (χ0n) is 3.28. The predicted molar refractivity (Wildman–Crippen MR) is 34.1 cm³/mol. The Bertz CT molecular complexity index is 77.6. The largest absolute Gasteiger partial charge is 0.133 e. The van der Waals surface area contributed by atoms with Crippen molar-refractivity contribution in [2.45, 2.75) is 6.42 Å². The SMILES string of the molecule is BrC1=CSCC1. The molecule has 0 saturated heterocycles. The van der Waals surface area contributed by atoms with Gasteiger partial charge in [-0.05, 0) is 11.8 Å². The van der Waals surface area contributed by atoms with Crippen LogP contribution in [0.25, 0.3) is 0 Å². The summed E-state index contributed by atoms with van der Waals surface area (Å²) in [5, 5.41) is 2.15. The standard InChI is InChI=1S/C4H5BrS/c5-4-1-2-6-3-4/h3H,1-2H2. The van der Waals surface area contributed by atoms with Crippen LogP contribution in [-0.2, 0) is 0 Å². The second kappa shape index (κ2) is 2.03. The summed E-state index contributed by atoms with van der Waals surface area (Å²) in [5.41, 5.74) is 0. The molecular weight excluding hydrogens is 160 g/mol. The lowest BCUT2D eigenvalue weighted by molar-refractivity contribution is 1.26. The Labute approximate surface area is 50.1 Å². The Balaban J connectivity index is 2.45. The van der Waals surface area contributed by atoms with Crippen LogP contribution in [0.5, 0.6) is 0 Å². The van der Waals surface area contributed by atoms with Crippen LogP contribution >= 0.6 is 27.7 Å². The first-order chi connectivity index (χ1) is 2.89. The third-order valence-electron chi connectivity index (χ3n) is 0.670. The molecule has 0 aromatic rings. The van der Waals surface area contributed by atoms with Crippen LogP contribution in [0, 0.1) is 0 Å². The van der Waals surface area contributed by atoms with Crippen molar-refractivity contribution >= 4 is 27.7 Å². The third-order valence-corrected chi connectivity index (χ3v) is 2.49. The highest BCUT2D eigenvalue weighted by Gasteiger charge is 1.97. The lowest BCUT2D eigenvalue weighted by atomic mass is 10.5. The predicted octanol–water partition coefficient (Wildman–Crippen LogP) is 2.36. The molecule has 1 aliphatic heterocycles. The van der Waals surface area contributed by atoms with E-state index in [2.05, 4.69) is 21.3 Å². The molecule has 2 heteroatoms. The summed E-state index contributed by atoms with van der Waals surface area (Å²) in [5.74, 6) is 1.26. The van der Waals surface area contributed by atoms with Gasteiger partial charge >= 0.3 is 0 Å². The van der Waals surface area contributed by atoms with Crippen molar-refractivity contribution in [1.29, 1.82) is 0 Å². The Kier molecular flexibility index (Phi) is 1.60. The van der Waals surface area contributed by atoms with E-state index < -0.39 is 0 Å². The average molecular weight is 165 g/mol. The number of hydrogen-bond donors (Lipinski definition) is 0. The van der Waals surface area contributed by atoms with Crippen LogP contribution < -0.4 is 0 Å². The van der Waals surface area contributed by atoms with E-state index in [1.165, 1.54) is 16.7 Å². The second-order valence-corrected chi connectivity index (χ2v) is 3.18. The van der Waals surface area contributed by atoms with Gasteiger partial charge < -0.3 is 0 Å². The van der Waals surface area contributed by atoms with Crippen molar-refractivity contribution in [3.8, 4) is 0 Å². The van der Waals surface area contributed by atoms with E-state index in [1.54, 1.807) is 0 Å². The number of hydrogen-bond acceptors (Lipinski definition) is 1. The van der Waals surface area contributed by atoms with Crippen molar-refractivity contribution in [2.24, 2.45) is 0 Å². The first kappa shape index (κ1) is 4.72. The quantitative estimate of drug-likeness (QED) is 0.530. The van der Waals surface area contributed by atoms with Crippen LogP contribution in [0.2, 0.25) is 0 Å². The van der Waals surface area contributed by atoms with Crippen molar-refractivity contribution in [2.75, 3.05) is 5.75 Å². The highest BCUT2D eigenvalue weighted by atomic mass is 79.9. The molecule has 0 radical (unpaired) electrons. The minimum Gasteiger partial charge on any atom is -0.133 e. The van der Waals surface area contributed by atoms with E-state index in [1.807, 2.05) is 11.8 Å². The highest BCUT2D eigenvalue weighted by molar-refractivity contribution is 9.11. The summed E-state index contributed by atoms with van der Waals surface area (Å²) >= 11 is 5.25. The van der Waals surface area contributed by atoms with Gasteiger partial charge in [0.15, 0.2) is 0 Å². The minimum absolute atomic E-state index is 1.23. The molecule has 0 aliphatic carbocycles. The molecule has 34 valence electrons. The van der Waals surface area contributed by atoms with Crippen molar-refractivity contribution < 1.29 is 0 Å². The topological polar surface area (TPSA) is 0 Å². The Morgan fingerprint density at radius 1 is 1.83 bits per heavy atom. The summed E-state index contributed by atoms with van der Waals surface area (Å²) in [7, 11) is 0. The molecule has 0 unspecified atom stereocenters. The van der Waals surface area contributed by atoms with Gasteiger partial charge in [-0.2, -0.15) is 0 Å². The fourth-order valence-corrected chi connectivity index (χ4v) is 1.98. The van der Waals surface area contributed by atoms with Crippen LogP contribution in [0.4, 0.5) is 0 Å². The smallest absolute Gasteiger partial charge is 0.00219 e. The number of halogens is 1. The van der Waals surface area contributed by atoms with Crippen molar-refractivity contribution in [3.05, 3.63) is 9.89 Å². The first-order valence-corrected chi connectivity index (χ1v) is 3.70. The molecule has 0 N–H and O–H groups in total. The summed E-state index contributed by atoms with van der Waals surface area (Å²) in [6, 6.07) is 0. The zero-order valence-corrected chi connectivity index (χ0v) is 5.68. The normalized spacial score (nSPS) is 21.2. The first-order valence-electron chi connectivity index (χ1n) is 1.86. The second-order valence-electron chi connectivity index (χ2n) is 1.19. The highest BCUT2D eigenvalue weighted by Crippen LogP contribution is 2.25. The molecule has 0 atom stereocenters. The van der Waals surface area contributed by atoms with Gasteiger partial charge in [0, 0.05) is 10.2 Å². The Hall–Kier alpha value is 0.570. The van der Waals surface area contributed by atoms with Gasteiger partial charge in [-0.25, -0.2) is 0 Å². The molecule has 6 heavy (non-hydrogen) atoms. The molecule has 0 bridgehead atoms. The average Bonchev–Trinajstić information content (AvgIpc) is 1.86. The molecule has 1 rings (SSSR count). The summed E-state index contributed by atoms with van der Waals surface area (Å²) < 4.78 is 1.35. The van der Waals surface area contributed by atoms with Crippen LogP contribution in [-0.4, -0.2) is 5.75 Å². The number of allylic oxidation sites excluding steroid dienone is 1. The van der Waals surface area contributed by atoms with E-state index in [0.717, 1.165) is 0 Å². The van der Waals surface area contributed by atoms with Gasteiger partial charge in [0.2, 0.25) is 0 Å². The zero-order chi connectivity index (χ0) is 4.41. The summed E-state index contributed by atoms with van der Waals surface area (Å²) in [4.78, 5) is 0. The number of rotatable bonds is 0. The lowest BCUT2D eigenvalue weighted by Crippen LogP contribution is -1.62. The maximum absolute atomic E-state index is 3.38. The summed E-state index contributed by atoms with van der Waals surface area (Å²) in [6.45, 7) is 0. The van der Waals surface area contributed by atoms with Gasteiger partial charge in [0.25, 0.3) is 0 Å². The third kappa shape index (κ3) is 1.02. The monoisotopic (exact) mass is 164 g/mol. The van der Waals surface area contributed by atoms with Gasteiger partial charge in [-0.15, -0.1) is 11.8 Å². The minimum atomic E-state index is 1.23. The molecule has 0 amide bonds. The lowest BCUT2D eigenvalue weighted by Gasteiger charge is -1.75. The molecule has 1 heterocycles.